The van der Waals surface area contributed by atoms with E-state index in [0.717, 1.165) is 5.66 Å². The van der Waals surface area contributed by atoms with Crippen LogP contribution in [0.5, 0.6) is 0 Å². The van der Waals surface area contributed by atoms with E-state index in [1.54, 1.807) is 9.65 Å². The van der Waals surface area contributed by atoms with Gasteiger partial charge < -0.3 is 0 Å². The Bertz CT molecular complexity index is 128. The van der Waals surface area contributed by atoms with Crippen LogP contribution in [-0.4, -0.2) is 5.66 Å². The van der Waals surface area contributed by atoms with Gasteiger partial charge in [0.1, 0.15) is 0 Å². The number of unbranched alkanes of at least 4 members (excludes halogenated alkanes) is 5. The first-order valence-electron chi connectivity index (χ1n) is 7.42. The molecule has 0 saturated carbocycles. The van der Waals surface area contributed by atoms with Gasteiger partial charge in [0.15, 0.2) is 0 Å². The van der Waals surface area contributed by atoms with E-state index in [1.807, 2.05) is 0 Å². The summed E-state index contributed by atoms with van der Waals surface area (Å²) >= 11 is -0.119. The summed E-state index contributed by atoms with van der Waals surface area (Å²) in [7, 11) is 0. The fraction of sp³-hybridized carbons (Fsp3) is 1.00. The van der Waals surface area contributed by atoms with E-state index in [4.69, 9.17) is 0 Å². The maximum absolute atomic E-state index is 2.40. The van der Waals surface area contributed by atoms with Gasteiger partial charge in [-0.2, -0.15) is 0 Å². The minimum atomic E-state index is -0.119. The topological polar surface area (TPSA) is 0 Å². The van der Waals surface area contributed by atoms with Crippen molar-refractivity contribution in [2.75, 3.05) is 0 Å². The fourth-order valence-corrected chi connectivity index (χ4v) is 12.1. The quantitative estimate of drug-likeness (QED) is 0.305. The Morgan fingerprint density at radius 2 is 1.56 bits per heavy atom. The van der Waals surface area contributed by atoms with E-state index >= 15 is 0 Å². The average Bonchev–Trinajstić information content (AvgIpc) is 2.32. The zero-order valence-corrected chi connectivity index (χ0v) is 15.6. The summed E-state index contributed by atoms with van der Waals surface area (Å²) in [6.07, 6.45) is 13.3. The van der Waals surface area contributed by atoms with Crippen LogP contribution < -0.4 is 0 Å². The average molecular weight is 319 g/mol. The van der Waals surface area contributed by atoms with E-state index in [9.17, 15) is 0 Å². The van der Waals surface area contributed by atoms with Crippen LogP contribution in [0.25, 0.3) is 0 Å². The first-order valence-corrected chi connectivity index (χ1v) is 14.8. The summed E-state index contributed by atoms with van der Waals surface area (Å²) in [6.45, 7) is 7.03. The van der Waals surface area contributed by atoms with Gasteiger partial charge >= 0.3 is 121 Å². The van der Waals surface area contributed by atoms with Gasteiger partial charge in [-0.25, -0.2) is 0 Å². The van der Waals surface area contributed by atoms with Gasteiger partial charge in [-0.1, -0.05) is 0 Å². The Balaban J connectivity index is 3.20. The van der Waals surface area contributed by atoms with Crippen LogP contribution in [0.1, 0.15) is 78.6 Å². The Morgan fingerprint density at radius 1 is 0.875 bits per heavy atom. The Hall–Kier alpha value is 1.53. The van der Waals surface area contributed by atoms with Crippen LogP contribution >= 0.6 is 4.83 Å². The van der Waals surface area contributed by atoms with Gasteiger partial charge in [-0.15, -0.1) is 0 Å². The van der Waals surface area contributed by atoms with E-state index in [1.165, 1.54) is 56.2 Å². The molecular weight excluding hydrogens is 288 g/mol. The van der Waals surface area contributed by atoms with Crippen molar-refractivity contribution in [1.29, 1.82) is 0 Å². The van der Waals surface area contributed by atoms with Crippen molar-refractivity contribution >= 4 is 4.83 Å². The number of hydrogen-bond acceptors (Lipinski definition) is 0. The molecule has 0 heterocycles. The van der Waals surface area contributed by atoms with Gasteiger partial charge in [0, 0.05) is 0 Å². The third-order valence-electron chi connectivity index (χ3n) is 3.20. The molecule has 16 heavy (non-hydrogen) atoms. The van der Waals surface area contributed by atoms with Gasteiger partial charge in [-0.05, 0) is 0 Å². The van der Waals surface area contributed by atoms with Crippen LogP contribution in [-0.2, 0) is 28.5 Å². The molecule has 0 spiro atoms. The molecule has 95 valence electrons. The first kappa shape index (κ1) is 17.5. The summed E-state index contributed by atoms with van der Waals surface area (Å²) in [5.74, 6) is 0. The second-order valence-corrected chi connectivity index (χ2v) is 13.3. The molecule has 0 aromatic heterocycles. The Morgan fingerprint density at radius 3 is 2.19 bits per heavy atom. The third-order valence-corrected chi connectivity index (χ3v) is 13.2. The Kier molecular flexibility index (Phi) is 16.0. The zero-order chi connectivity index (χ0) is 12.1. The van der Waals surface area contributed by atoms with Crippen LogP contribution in [0, 0.1) is 0 Å². The molecular formula is C14H31PY. The van der Waals surface area contributed by atoms with Crippen molar-refractivity contribution in [1.82, 2.24) is 0 Å². The van der Waals surface area contributed by atoms with Gasteiger partial charge in [0.2, 0.25) is 0 Å². The number of hydrogen-bond donors (Lipinski definition) is 0. The molecule has 0 aromatic carbocycles. The van der Waals surface area contributed by atoms with Gasteiger partial charge in [-0.3, -0.25) is 0 Å². The fourth-order valence-electron chi connectivity index (χ4n) is 1.96. The molecule has 0 rings (SSSR count). The molecule has 2 atom stereocenters. The van der Waals surface area contributed by atoms with Crippen LogP contribution in [0.15, 0.2) is 0 Å². The molecule has 0 N–H and O–H groups in total. The van der Waals surface area contributed by atoms with Gasteiger partial charge in [0.05, 0.1) is 0 Å². The minimum absolute atomic E-state index is 0.119. The molecule has 0 saturated heterocycles. The van der Waals surface area contributed by atoms with E-state index in [0.29, 0.717) is 0 Å². The molecule has 2 unspecified atom stereocenters. The summed E-state index contributed by atoms with van der Waals surface area (Å²) in [6, 6.07) is 0. The monoisotopic (exact) mass is 319 g/mol. The molecule has 0 nitrogen and oxygen atoms in total. The summed E-state index contributed by atoms with van der Waals surface area (Å²) in [4.78, 5) is 1.44. The standard InChI is InChI=1S/C7H16P.C7H15.Y/c1-3-5-6-7(8)4-2;1-3-5-7-6-4-2;/h7-8H,3-6H2,1-2H3;1,3-7H2,2H3;/q-1;;+1. The molecule has 0 bridgehead atoms. The molecule has 0 aliphatic rings. The van der Waals surface area contributed by atoms with Crippen molar-refractivity contribution in [3.8, 4) is 0 Å². The molecule has 0 aliphatic heterocycles. The van der Waals surface area contributed by atoms with Crippen molar-refractivity contribution in [3.05, 3.63) is 0 Å². The summed E-state index contributed by atoms with van der Waals surface area (Å²) < 4.78 is 1.68. The predicted molar refractivity (Wildman–Crippen MR) is 75.5 cm³/mol. The SMILES string of the molecule is CCCCCC[CH2][Y][PH]C(CC)CCCC. The second kappa shape index (κ2) is 14.6. The maximum atomic E-state index is 2.40. The third kappa shape index (κ3) is 12.0. The van der Waals surface area contributed by atoms with Crippen molar-refractivity contribution in [3.63, 3.8) is 0 Å². The molecule has 0 amide bonds. The number of rotatable bonds is 12. The Labute approximate surface area is 120 Å². The van der Waals surface area contributed by atoms with E-state index < -0.39 is 0 Å². The molecule has 2 heteroatoms. The van der Waals surface area contributed by atoms with Crippen LogP contribution in [0.2, 0.25) is 3.23 Å². The molecule has 0 aliphatic carbocycles. The molecule has 0 fully saturated rings. The van der Waals surface area contributed by atoms with E-state index in [2.05, 4.69) is 20.8 Å². The summed E-state index contributed by atoms with van der Waals surface area (Å²) in [5, 5.41) is 0. The van der Waals surface area contributed by atoms with Crippen molar-refractivity contribution in [2.24, 2.45) is 0 Å². The first-order chi connectivity index (χ1) is 7.85. The zero-order valence-electron chi connectivity index (χ0n) is 11.7. The van der Waals surface area contributed by atoms with E-state index in [-0.39, 0.29) is 28.5 Å². The summed E-state index contributed by atoms with van der Waals surface area (Å²) in [5.41, 5.74) is 1.14. The predicted octanol–water partition coefficient (Wildman–Crippen LogP) is 6.02. The van der Waals surface area contributed by atoms with Crippen molar-refractivity contribution in [2.45, 2.75) is 87.4 Å². The normalized spacial score (nSPS) is 13.2. The van der Waals surface area contributed by atoms with Crippen LogP contribution in [0.4, 0.5) is 0 Å². The molecule has 0 radical (unpaired) electrons. The molecule has 0 aromatic rings. The van der Waals surface area contributed by atoms with Gasteiger partial charge in [0.25, 0.3) is 0 Å². The second-order valence-electron chi connectivity index (χ2n) is 4.82. The van der Waals surface area contributed by atoms with Crippen LogP contribution in [0.3, 0.4) is 0 Å². The van der Waals surface area contributed by atoms with Crippen molar-refractivity contribution < 1.29 is 28.5 Å².